The van der Waals surface area contributed by atoms with Gasteiger partial charge in [-0.05, 0) is 57.1 Å². The molecule has 0 saturated heterocycles. The molecule has 0 saturated carbocycles. The Morgan fingerprint density at radius 2 is 2.00 bits per heavy atom. The molecule has 2 aromatic rings. The Morgan fingerprint density at radius 3 is 2.64 bits per heavy atom. The maximum atomic E-state index is 12.7. The molecule has 1 radical (unpaired) electrons. The van der Waals surface area contributed by atoms with Gasteiger partial charge in [-0.15, -0.1) is 0 Å². The molecule has 0 N–H and O–H groups in total. The quantitative estimate of drug-likeness (QED) is 0.386. The minimum atomic E-state index is -0.0276. The Kier molecular flexibility index (Phi) is 9.62. The van der Waals surface area contributed by atoms with E-state index in [0.29, 0.717) is 22.9 Å². The monoisotopic (exact) mass is 371 g/mol. The van der Waals surface area contributed by atoms with Crippen molar-refractivity contribution in [2.75, 3.05) is 13.7 Å². The third-order valence-corrected chi connectivity index (χ3v) is 5.26. The van der Waals surface area contributed by atoms with E-state index in [1.54, 1.807) is 25.3 Å². The first kappa shape index (κ1) is 22.1. The van der Waals surface area contributed by atoms with Crippen LogP contribution in [0.15, 0.2) is 36.4 Å². The van der Waals surface area contributed by atoms with Crippen LogP contribution in [0.1, 0.15) is 35.7 Å². The predicted octanol–water partition coefficient (Wildman–Crippen LogP) is 4.60. The topological polar surface area (TPSA) is 35.5 Å². The van der Waals surface area contributed by atoms with Crippen molar-refractivity contribution < 1.29 is 14.3 Å². The third-order valence-electron chi connectivity index (χ3n) is 3.64. The van der Waals surface area contributed by atoms with Crippen LogP contribution in [0.25, 0.3) is 0 Å². The van der Waals surface area contributed by atoms with Gasteiger partial charge in [-0.3, -0.25) is 4.79 Å². The summed E-state index contributed by atoms with van der Waals surface area (Å²) < 4.78 is 11.0. The molecule has 1 atom stereocenters. The second-order valence-electron chi connectivity index (χ2n) is 5.45. The van der Waals surface area contributed by atoms with Crippen LogP contribution in [-0.4, -0.2) is 38.1 Å². The van der Waals surface area contributed by atoms with Gasteiger partial charge in [0.2, 0.25) is 0 Å². The Bertz CT molecular complexity index is 722. The van der Waals surface area contributed by atoms with Crippen LogP contribution < -0.4 is 14.8 Å². The van der Waals surface area contributed by atoms with E-state index < -0.39 is 0 Å². The molecular formula is C19H22ClLiO3P. The summed E-state index contributed by atoms with van der Waals surface area (Å²) in [6.07, 6.45) is 2.14. The van der Waals surface area contributed by atoms with E-state index in [2.05, 4.69) is 6.92 Å². The number of benzene rings is 2. The van der Waals surface area contributed by atoms with Crippen LogP contribution in [0.5, 0.6) is 11.5 Å². The fourth-order valence-electron chi connectivity index (χ4n) is 2.28. The van der Waals surface area contributed by atoms with Gasteiger partial charge < -0.3 is 9.47 Å². The molecule has 0 bridgehead atoms. The van der Waals surface area contributed by atoms with Crippen LogP contribution in [0.3, 0.4) is 0 Å². The largest absolute Gasteiger partial charge is 0.496 e. The molecule has 0 spiro atoms. The second kappa shape index (κ2) is 10.9. The summed E-state index contributed by atoms with van der Waals surface area (Å²) in [6.45, 7) is 4.84. The number of carbonyl (C=O) groups excluding carboxylic acids is 1. The first-order valence-corrected chi connectivity index (χ1v) is 9.32. The summed E-state index contributed by atoms with van der Waals surface area (Å²) in [6, 6.07) is 11.1. The summed E-state index contributed by atoms with van der Waals surface area (Å²) in [7, 11) is 1.53. The van der Waals surface area contributed by atoms with Crippen LogP contribution in [0.2, 0.25) is 5.02 Å². The van der Waals surface area contributed by atoms with Gasteiger partial charge in [0.05, 0.1) is 24.3 Å². The maximum absolute atomic E-state index is 12.7. The smallest absolute Gasteiger partial charge is 0.190 e. The Hall–Kier alpha value is -0.973. The van der Waals surface area contributed by atoms with E-state index in [4.69, 9.17) is 21.1 Å². The molecule has 0 amide bonds. The van der Waals surface area contributed by atoms with Gasteiger partial charge in [0.25, 0.3) is 0 Å². The normalized spacial score (nSPS) is 10.6. The van der Waals surface area contributed by atoms with Crippen molar-refractivity contribution in [2.45, 2.75) is 26.7 Å². The van der Waals surface area contributed by atoms with Crippen molar-refractivity contribution in [1.29, 1.82) is 0 Å². The van der Waals surface area contributed by atoms with Gasteiger partial charge in [-0.1, -0.05) is 37.1 Å². The molecule has 0 fully saturated rings. The fourth-order valence-corrected chi connectivity index (χ4v) is 3.67. The second-order valence-corrected chi connectivity index (χ2v) is 7.10. The van der Waals surface area contributed by atoms with Crippen LogP contribution in [-0.2, 0) is 0 Å². The average Bonchev–Trinajstić information content (AvgIpc) is 2.57. The molecule has 0 heterocycles. The van der Waals surface area contributed by atoms with Crippen molar-refractivity contribution in [1.82, 2.24) is 0 Å². The molecule has 2 aromatic carbocycles. The van der Waals surface area contributed by atoms with Crippen molar-refractivity contribution in [2.24, 2.45) is 0 Å². The number of aryl methyl sites for hydroxylation is 1. The van der Waals surface area contributed by atoms with E-state index in [9.17, 15) is 4.79 Å². The SMILES string of the molecule is CCCCOc1ccc(PC(=O)c2c(Cl)cccc2OC)c(C)c1.[Li]. The number of rotatable bonds is 8. The van der Waals surface area contributed by atoms with Crippen molar-refractivity contribution >= 4 is 49.9 Å². The fraction of sp³-hybridized carbons (Fsp3) is 0.316. The average molecular weight is 372 g/mol. The number of ether oxygens (including phenoxy) is 2. The minimum Gasteiger partial charge on any atom is -0.496 e. The zero-order valence-corrected chi connectivity index (χ0v) is 16.9. The molecule has 0 aromatic heterocycles. The molecule has 6 heteroatoms. The summed E-state index contributed by atoms with van der Waals surface area (Å²) in [5, 5.41) is 1.41. The standard InChI is InChI=1S/C19H22ClO3P.Li/c1-4-5-11-23-14-9-10-17(13(2)12-14)24-19(21)18-15(20)7-6-8-16(18)22-3;/h6-10,12,24H,4-5,11H2,1-3H3;. The molecule has 25 heavy (non-hydrogen) atoms. The van der Waals surface area contributed by atoms with Crippen LogP contribution in [0, 0.1) is 6.92 Å². The summed E-state index contributed by atoms with van der Waals surface area (Å²) in [5.41, 5.74) is 1.46. The number of hydrogen-bond acceptors (Lipinski definition) is 3. The van der Waals surface area contributed by atoms with Gasteiger partial charge >= 0.3 is 0 Å². The molecule has 0 aliphatic rings. The molecule has 1 unspecified atom stereocenters. The molecule has 0 aliphatic heterocycles. The maximum Gasteiger partial charge on any atom is 0.190 e. The Labute approximate surface area is 168 Å². The van der Waals surface area contributed by atoms with E-state index in [1.165, 1.54) is 0 Å². The molecule has 129 valence electrons. The summed E-state index contributed by atoms with van der Waals surface area (Å²) >= 11 is 6.19. The van der Waals surface area contributed by atoms with Crippen molar-refractivity contribution in [3.8, 4) is 11.5 Å². The molecule has 0 aliphatic carbocycles. The Balaban J connectivity index is 0.00000312. The first-order chi connectivity index (χ1) is 11.6. The summed E-state index contributed by atoms with van der Waals surface area (Å²) in [5.74, 6) is 1.36. The number of halogens is 1. The Morgan fingerprint density at radius 1 is 1.24 bits per heavy atom. The van der Waals surface area contributed by atoms with E-state index >= 15 is 0 Å². The molecular weight excluding hydrogens is 350 g/mol. The molecule has 3 nitrogen and oxygen atoms in total. The third kappa shape index (κ3) is 6.05. The number of carbonyl (C=O) groups is 1. The summed E-state index contributed by atoms with van der Waals surface area (Å²) in [4.78, 5) is 12.7. The molecule has 2 rings (SSSR count). The van der Waals surface area contributed by atoms with E-state index in [-0.39, 0.29) is 33.0 Å². The van der Waals surface area contributed by atoms with Gasteiger partial charge in [0.1, 0.15) is 11.5 Å². The van der Waals surface area contributed by atoms with Gasteiger partial charge in [0.15, 0.2) is 5.52 Å². The van der Waals surface area contributed by atoms with E-state index in [0.717, 1.165) is 29.5 Å². The number of hydrogen-bond donors (Lipinski definition) is 0. The number of methoxy groups -OCH3 is 1. The van der Waals surface area contributed by atoms with Gasteiger partial charge in [0, 0.05) is 18.9 Å². The minimum absolute atomic E-state index is 0. The van der Waals surface area contributed by atoms with Crippen molar-refractivity contribution in [3.63, 3.8) is 0 Å². The first-order valence-electron chi connectivity index (χ1n) is 7.94. The van der Waals surface area contributed by atoms with E-state index in [1.807, 2.05) is 25.1 Å². The predicted molar refractivity (Wildman–Crippen MR) is 108 cm³/mol. The van der Waals surface area contributed by atoms with Crippen LogP contribution >= 0.6 is 20.2 Å². The van der Waals surface area contributed by atoms with Gasteiger partial charge in [-0.2, -0.15) is 0 Å². The zero-order chi connectivity index (χ0) is 17.5. The zero-order valence-electron chi connectivity index (χ0n) is 15.2. The number of unbranched alkanes of at least 4 members (excludes halogenated alkanes) is 1. The van der Waals surface area contributed by atoms with Gasteiger partial charge in [-0.25, -0.2) is 0 Å². The van der Waals surface area contributed by atoms with Crippen LogP contribution in [0.4, 0.5) is 0 Å². The van der Waals surface area contributed by atoms with Crippen molar-refractivity contribution in [3.05, 3.63) is 52.5 Å².